The second-order valence-electron chi connectivity index (χ2n) is 6.72. The zero-order chi connectivity index (χ0) is 19.3. The highest BCUT2D eigenvalue weighted by atomic mass is 32.2. The maximum atomic E-state index is 12.8. The second-order valence-corrected chi connectivity index (χ2v) is 8.02. The van der Waals surface area contributed by atoms with Crippen LogP contribution in [0, 0.1) is 0 Å². The summed E-state index contributed by atoms with van der Waals surface area (Å²) in [5.74, 6) is 0.147. The lowest BCUT2D eigenvalue weighted by atomic mass is 10.2. The zero-order valence-corrected chi connectivity index (χ0v) is 16.6. The van der Waals surface area contributed by atoms with Crippen LogP contribution < -0.4 is 4.90 Å². The molecule has 1 aliphatic heterocycles. The topological polar surface area (TPSA) is 54.3 Å². The Bertz CT molecular complexity index is 907. The van der Waals surface area contributed by atoms with Crippen molar-refractivity contribution < 1.29 is 4.79 Å². The average molecular weight is 394 g/mol. The van der Waals surface area contributed by atoms with Crippen molar-refractivity contribution in [1.82, 2.24) is 19.7 Å². The van der Waals surface area contributed by atoms with E-state index in [1.54, 1.807) is 11.0 Å². The van der Waals surface area contributed by atoms with E-state index in [0.717, 1.165) is 31.9 Å². The number of rotatable bonds is 5. The Hall–Kier alpha value is -2.80. The van der Waals surface area contributed by atoms with Crippen LogP contribution in [0.1, 0.15) is 6.92 Å². The molecule has 6 nitrogen and oxygen atoms in total. The fourth-order valence-electron chi connectivity index (χ4n) is 3.30. The van der Waals surface area contributed by atoms with Crippen LogP contribution in [0.2, 0.25) is 0 Å². The van der Waals surface area contributed by atoms with Gasteiger partial charge in [-0.2, -0.15) is 0 Å². The zero-order valence-electron chi connectivity index (χ0n) is 15.8. The number of para-hydroxylation sites is 2. The molecule has 0 bridgehead atoms. The van der Waals surface area contributed by atoms with E-state index in [1.165, 1.54) is 17.4 Å². The van der Waals surface area contributed by atoms with Gasteiger partial charge in [-0.15, -0.1) is 5.10 Å². The number of amides is 1. The number of hydrogen-bond acceptors (Lipinski definition) is 5. The van der Waals surface area contributed by atoms with Gasteiger partial charge >= 0.3 is 0 Å². The first-order chi connectivity index (χ1) is 13.7. The monoisotopic (exact) mass is 393 g/mol. The van der Waals surface area contributed by atoms with Gasteiger partial charge in [0, 0.05) is 31.9 Å². The predicted molar refractivity (Wildman–Crippen MR) is 112 cm³/mol. The number of anilines is 1. The number of benzene rings is 2. The molecule has 1 fully saturated rings. The van der Waals surface area contributed by atoms with Crippen LogP contribution in [0.25, 0.3) is 5.69 Å². The largest absolute Gasteiger partial charge is 0.368 e. The summed E-state index contributed by atoms with van der Waals surface area (Å²) < 4.78 is 1.73. The summed E-state index contributed by atoms with van der Waals surface area (Å²) in [6, 6.07) is 20.2. The molecule has 1 atom stereocenters. The minimum atomic E-state index is -0.213. The van der Waals surface area contributed by atoms with Crippen molar-refractivity contribution in [3.63, 3.8) is 0 Å². The van der Waals surface area contributed by atoms with Gasteiger partial charge < -0.3 is 9.80 Å². The fraction of sp³-hybridized carbons (Fsp3) is 0.286. The highest BCUT2D eigenvalue weighted by Crippen LogP contribution is 2.23. The van der Waals surface area contributed by atoms with Gasteiger partial charge in [-0.05, 0) is 31.2 Å². The van der Waals surface area contributed by atoms with Crippen LogP contribution in [0.3, 0.4) is 0 Å². The Labute approximate surface area is 169 Å². The van der Waals surface area contributed by atoms with Crippen LogP contribution in [0.4, 0.5) is 5.69 Å². The summed E-state index contributed by atoms with van der Waals surface area (Å²) in [5, 5.41) is 4.89. The van der Waals surface area contributed by atoms with Crippen LogP contribution in [0.15, 0.2) is 72.1 Å². The number of thioether (sulfide) groups is 1. The maximum Gasteiger partial charge on any atom is 0.236 e. The van der Waals surface area contributed by atoms with Crippen molar-refractivity contribution in [3.05, 3.63) is 67.0 Å². The first-order valence-corrected chi connectivity index (χ1v) is 10.3. The Kier molecular flexibility index (Phi) is 5.62. The molecule has 1 aliphatic rings. The molecule has 1 aromatic heterocycles. The molecule has 2 heterocycles. The third-order valence-electron chi connectivity index (χ3n) is 4.83. The van der Waals surface area contributed by atoms with Crippen LogP contribution in [-0.4, -0.2) is 57.0 Å². The smallest absolute Gasteiger partial charge is 0.236 e. The molecule has 0 radical (unpaired) electrons. The SMILES string of the molecule is CC(Sc1ncn(-c2ccccc2)n1)C(=O)N1CCN(c2ccccc2)CC1. The summed E-state index contributed by atoms with van der Waals surface area (Å²) in [5.41, 5.74) is 2.17. The van der Waals surface area contributed by atoms with Crippen LogP contribution >= 0.6 is 11.8 Å². The third kappa shape index (κ3) is 4.20. The van der Waals surface area contributed by atoms with E-state index in [4.69, 9.17) is 0 Å². The lowest BCUT2D eigenvalue weighted by Crippen LogP contribution is -2.50. The van der Waals surface area contributed by atoms with Gasteiger partial charge in [-0.3, -0.25) is 4.79 Å². The molecular formula is C21H23N5OS. The second kappa shape index (κ2) is 8.48. The number of aromatic nitrogens is 3. The van der Waals surface area contributed by atoms with Crippen molar-refractivity contribution in [3.8, 4) is 5.69 Å². The van der Waals surface area contributed by atoms with Gasteiger partial charge in [0.15, 0.2) is 0 Å². The normalized spacial score (nSPS) is 15.5. The van der Waals surface area contributed by atoms with Gasteiger partial charge in [0.25, 0.3) is 0 Å². The van der Waals surface area contributed by atoms with Crippen molar-refractivity contribution in [2.24, 2.45) is 0 Å². The van der Waals surface area contributed by atoms with Crippen molar-refractivity contribution >= 4 is 23.4 Å². The third-order valence-corrected chi connectivity index (χ3v) is 5.79. The molecule has 4 rings (SSSR count). The number of nitrogens with zero attached hydrogens (tertiary/aromatic N) is 5. The summed E-state index contributed by atoms with van der Waals surface area (Å²) in [7, 11) is 0. The molecular weight excluding hydrogens is 370 g/mol. The van der Waals surface area contributed by atoms with Gasteiger partial charge in [-0.1, -0.05) is 48.2 Å². The first-order valence-electron chi connectivity index (χ1n) is 9.43. The maximum absolute atomic E-state index is 12.8. The molecule has 0 aliphatic carbocycles. The fourth-order valence-corrected chi connectivity index (χ4v) is 4.11. The lowest BCUT2D eigenvalue weighted by molar-refractivity contribution is -0.130. The minimum Gasteiger partial charge on any atom is -0.368 e. The van der Waals surface area contributed by atoms with E-state index >= 15 is 0 Å². The molecule has 2 aromatic carbocycles. The molecule has 1 amide bonds. The Balaban J connectivity index is 1.32. The number of carbonyl (C=O) groups excluding carboxylic acids is 1. The van der Waals surface area contributed by atoms with Crippen molar-refractivity contribution in [2.75, 3.05) is 31.1 Å². The molecule has 0 saturated carbocycles. The average Bonchev–Trinajstić information content (AvgIpc) is 3.23. The predicted octanol–water partition coefficient (Wildman–Crippen LogP) is 3.10. The number of piperazine rings is 1. The quantitative estimate of drug-likeness (QED) is 0.624. The van der Waals surface area contributed by atoms with E-state index in [2.05, 4.69) is 27.1 Å². The van der Waals surface area contributed by atoms with E-state index in [0.29, 0.717) is 5.16 Å². The molecule has 1 unspecified atom stereocenters. The summed E-state index contributed by atoms with van der Waals surface area (Å²) in [4.78, 5) is 21.5. The Morgan fingerprint density at radius 3 is 2.18 bits per heavy atom. The molecule has 144 valence electrons. The summed E-state index contributed by atoms with van der Waals surface area (Å²) >= 11 is 1.41. The van der Waals surface area contributed by atoms with Gasteiger partial charge in [0.1, 0.15) is 6.33 Å². The van der Waals surface area contributed by atoms with Gasteiger partial charge in [-0.25, -0.2) is 9.67 Å². The van der Waals surface area contributed by atoms with Crippen LogP contribution in [-0.2, 0) is 4.79 Å². The van der Waals surface area contributed by atoms with Gasteiger partial charge in [0.2, 0.25) is 11.1 Å². The summed E-state index contributed by atoms with van der Waals surface area (Å²) in [6.45, 7) is 5.12. The standard InChI is InChI=1S/C21H23N5OS/c1-17(28-21-22-16-26(23-21)19-10-6-3-7-11-19)20(27)25-14-12-24(13-15-25)18-8-4-2-5-9-18/h2-11,16-17H,12-15H2,1H3. The Morgan fingerprint density at radius 2 is 1.54 bits per heavy atom. The molecule has 1 saturated heterocycles. The highest BCUT2D eigenvalue weighted by molar-refractivity contribution is 8.00. The van der Waals surface area contributed by atoms with Crippen LogP contribution in [0.5, 0.6) is 0 Å². The van der Waals surface area contributed by atoms with Crippen molar-refractivity contribution in [2.45, 2.75) is 17.3 Å². The first kappa shape index (κ1) is 18.6. The van der Waals surface area contributed by atoms with E-state index in [1.807, 2.05) is 60.4 Å². The molecule has 0 spiro atoms. The highest BCUT2D eigenvalue weighted by Gasteiger charge is 2.26. The van der Waals surface area contributed by atoms with Gasteiger partial charge in [0.05, 0.1) is 10.9 Å². The lowest BCUT2D eigenvalue weighted by Gasteiger charge is -2.37. The molecule has 7 heteroatoms. The number of carbonyl (C=O) groups is 1. The molecule has 3 aromatic rings. The minimum absolute atomic E-state index is 0.147. The summed E-state index contributed by atoms with van der Waals surface area (Å²) in [6.07, 6.45) is 1.69. The molecule has 28 heavy (non-hydrogen) atoms. The van der Waals surface area contributed by atoms with Crippen molar-refractivity contribution in [1.29, 1.82) is 0 Å². The number of hydrogen-bond donors (Lipinski definition) is 0. The van der Waals surface area contributed by atoms with E-state index < -0.39 is 0 Å². The van der Waals surface area contributed by atoms with E-state index in [-0.39, 0.29) is 11.2 Å². The Morgan fingerprint density at radius 1 is 0.929 bits per heavy atom. The van der Waals surface area contributed by atoms with E-state index in [9.17, 15) is 4.79 Å². The molecule has 0 N–H and O–H groups in total.